The predicted octanol–water partition coefficient (Wildman–Crippen LogP) is 1.51. The van der Waals surface area contributed by atoms with Crippen LogP contribution in [-0.4, -0.2) is 42.3 Å². The van der Waals surface area contributed by atoms with Crippen molar-refractivity contribution >= 4 is 11.8 Å². The maximum absolute atomic E-state index is 8.65. The number of hydrogen-bond acceptors (Lipinski definition) is 5. The zero-order valence-electron chi connectivity index (χ0n) is 10.7. The molecule has 0 saturated carbocycles. The molecule has 0 radical (unpaired) electrons. The van der Waals surface area contributed by atoms with Gasteiger partial charge in [0.05, 0.1) is 0 Å². The summed E-state index contributed by atoms with van der Waals surface area (Å²) in [4.78, 5) is 10.4. The van der Waals surface area contributed by atoms with E-state index in [4.69, 9.17) is 5.11 Å². The van der Waals surface area contributed by atoms with Gasteiger partial charge in [0, 0.05) is 33.4 Å². The van der Waals surface area contributed by atoms with Gasteiger partial charge in [-0.05, 0) is 18.9 Å². The zero-order chi connectivity index (χ0) is 12.5. The molecular formula is C12H22N4O. The fraction of sp³-hybridized carbons (Fsp3) is 0.667. The van der Waals surface area contributed by atoms with Crippen molar-refractivity contribution in [2.75, 3.05) is 37.5 Å². The van der Waals surface area contributed by atoms with E-state index >= 15 is 0 Å². The van der Waals surface area contributed by atoms with Crippen molar-refractivity contribution in [3.8, 4) is 0 Å². The van der Waals surface area contributed by atoms with E-state index in [2.05, 4.69) is 15.3 Å². The van der Waals surface area contributed by atoms with Crippen molar-refractivity contribution < 1.29 is 5.11 Å². The minimum Gasteiger partial charge on any atom is -0.396 e. The molecule has 0 aromatic carbocycles. The van der Waals surface area contributed by atoms with Gasteiger partial charge in [0.1, 0.15) is 5.82 Å². The van der Waals surface area contributed by atoms with Crippen LogP contribution in [-0.2, 0) is 0 Å². The molecule has 0 aliphatic heterocycles. The van der Waals surface area contributed by atoms with Crippen molar-refractivity contribution in [2.24, 2.45) is 0 Å². The van der Waals surface area contributed by atoms with Crippen LogP contribution in [0, 0.1) is 0 Å². The van der Waals surface area contributed by atoms with Crippen molar-refractivity contribution in [3.05, 3.63) is 12.3 Å². The van der Waals surface area contributed by atoms with Crippen LogP contribution >= 0.6 is 0 Å². The first-order chi connectivity index (χ1) is 8.24. The quantitative estimate of drug-likeness (QED) is 0.672. The Morgan fingerprint density at radius 1 is 1.24 bits per heavy atom. The van der Waals surface area contributed by atoms with E-state index in [1.54, 1.807) is 6.20 Å². The summed E-state index contributed by atoms with van der Waals surface area (Å²) in [5.74, 6) is 1.58. The van der Waals surface area contributed by atoms with Gasteiger partial charge in [0.2, 0.25) is 5.95 Å². The normalized spacial score (nSPS) is 10.3. The van der Waals surface area contributed by atoms with Gasteiger partial charge >= 0.3 is 0 Å². The second-order valence-electron chi connectivity index (χ2n) is 4.20. The number of rotatable bonds is 8. The second-order valence-corrected chi connectivity index (χ2v) is 4.20. The fourth-order valence-corrected chi connectivity index (χ4v) is 1.47. The third kappa shape index (κ3) is 5.49. The van der Waals surface area contributed by atoms with E-state index in [-0.39, 0.29) is 0 Å². The smallest absolute Gasteiger partial charge is 0.226 e. The summed E-state index contributed by atoms with van der Waals surface area (Å²) in [6.45, 7) is 1.21. The van der Waals surface area contributed by atoms with Crippen LogP contribution in [0.2, 0.25) is 0 Å². The van der Waals surface area contributed by atoms with Crippen LogP contribution < -0.4 is 10.2 Å². The van der Waals surface area contributed by atoms with Crippen molar-refractivity contribution in [1.29, 1.82) is 0 Å². The number of nitrogens with zero attached hydrogens (tertiary/aromatic N) is 3. The molecule has 17 heavy (non-hydrogen) atoms. The molecule has 5 heteroatoms. The molecule has 0 unspecified atom stereocenters. The minimum absolute atomic E-state index is 0.297. The largest absolute Gasteiger partial charge is 0.396 e. The summed E-state index contributed by atoms with van der Waals surface area (Å²) < 4.78 is 0. The predicted molar refractivity (Wildman–Crippen MR) is 70.4 cm³/mol. The summed E-state index contributed by atoms with van der Waals surface area (Å²) in [6, 6.07) is 1.88. The summed E-state index contributed by atoms with van der Waals surface area (Å²) in [5, 5.41) is 11.9. The highest BCUT2D eigenvalue weighted by molar-refractivity contribution is 5.40. The van der Waals surface area contributed by atoms with Gasteiger partial charge in [-0.1, -0.05) is 12.8 Å². The molecule has 1 rings (SSSR count). The number of aliphatic hydroxyl groups is 1. The number of aromatic nitrogens is 2. The van der Waals surface area contributed by atoms with E-state index in [9.17, 15) is 0 Å². The Labute approximate surface area is 103 Å². The third-order valence-corrected chi connectivity index (χ3v) is 2.43. The SMILES string of the molecule is CN(C)c1nccc(NCCCCCCO)n1. The van der Waals surface area contributed by atoms with Crippen molar-refractivity contribution in [1.82, 2.24) is 9.97 Å². The molecule has 0 aliphatic rings. The van der Waals surface area contributed by atoms with Crippen LogP contribution in [0.25, 0.3) is 0 Å². The molecule has 0 spiro atoms. The van der Waals surface area contributed by atoms with Gasteiger partial charge in [-0.25, -0.2) is 4.98 Å². The summed E-state index contributed by atoms with van der Waals surface area (Å²) in [7, 11) is 3.85. The first-order valence-electron chi connectivity index (χ1n) is 6.09. The monoisotopic (exact) mass is 238 g/mol. The van der Waals surface area contributed by atoms with Gasteiger partial charge in [-0.3, -0.25) is 0 Å². The minimum atomic E-state index is 0.297. The maximum Gasteiger partial charge on any atom is 0.226 e. The maximum atomic E-state index is 8.65. The Hall–Kier alpha value is -1.36. The average Bonchev–Trinajstić information content (AvgIpc) is 2.34. The standard InChI is InChI=1S/C12H22N4O/c1-16(2)12-14-9-7-11(15-12)13-8-5-3-4-6-10-17/h7,9,17H,3-6,8,10H2,1-2H3,(H,13,14,15). The molecule has 0 aliphatic carbocycles. The highest BCUT2D eigenvalue weighted by Gasteiger charge is 1.99. The third-order valence-electron chi connectivity index (χ3n) is 2.43. The molecule has 5 nitrogen and oxygen atoms in total. The van der Waals surface area contributed by atoms with E-state index in [1.165, 1.54) is 0 Å². The number of anilines is 2. The van der Waals surface area contributed by atoms with Crippen LogP contribution in [0.4, 0.5) is 11.8 Å². The molecule has 1 heterocycles. The Kier molecular flexibility index (Phi) is 6.32. The van der Waals surface area contributed by atoms with Gasteiger partial charge < -0.3 is 15.3 Å². The van der Waals surface area contributed by atoms with Crippen LogP contribution in [0.1, 0.15) is 25.7 Å². The highest BCUT2D eigenvalue weighted by atomic mass is 16.2. The molecule has 2 N–H and O–H groups in total. The summed E-state index contributed by atoms with van der Waals surface area (Å²) in [5.41, 5.74) is 0. The summed E-state index contributed by atoms with van der Waals surface area (Å²) in [6.07, 6.45) is 5.99. The molecule has 96 valence electrons. The lowest BCUT2D eigenvalue weighted by atomic mass is 10.2. The number of unbranched alkanes of at least 4 members (excludes halogenated alkanes) is 3. The lowest BCUT2D eigenvalue weighted by molar-refractivity contribution is 0.283. The molecule has 0 atom stereocenters. The molecule has 1 aromatic rings. The first-order valence-corrected chi connectivity index (χ1v) is 6.09. The van der Waals surface area contributed by atoms with Crippen LogP contribution in [0.15, 0.2) is 12.3 Å². The molecule has 0 saturated heterocycles. The number of nitrogens with one attached hydrogen (secondary N) is 1. The Balaban J connectivity index is 2.24. The van der Waals surface area contributed by atoms with Crippen molar-refractivity contribution in [2.45, 2.75) is 25.7 Å². The lowest BCUT2D eigenvalue weighted by Gasteiger charge is -2.11. The second kappa shape index (κ2) is 7.84. The Morgan fingerprint density at radius 2 is 2.00 bits per heavy atom. The molecular weight excluding hydrogens is 216 g/mol. The van der Waals surface area contributed by atoms with Crippen LogP contribution in [0.5, 0.6) is 0 Å². The van der Waals surface area contributed by atoms with Gasteiger partial charge in [-0.15, -0.1) is 0 Å². The number of aliphatic hydroxyl groups excluding tert-OH is 1. The van der Waals surface area contributed by atoms with Crippen molar-refractivity contribution in [3.63, 3.8) is 0 Å². The molecule has 0 fully saturated rings. The van der Waals surface area contributed by atoms with E-state index in [0.717, 1.165) is 44.0 Å². The summed E-state index contributed by atoms with van der Waals surface area (Å²) >= 11 is 0. The average molecular weight is 238 g/mol. The fourth-order valence-electron chi connectivity index (χ4n) is 1.47. The topological polar surface area (TPSA) is 61.3 Å². The highest BCUT2D eigenvalue weighted by Crippen LogP contribution is 2.08. The lowest BCUT2D eigenvalue weighted by Crippen LogP contribution is -2.14. The Bertz CT molecular complexity index is 317. The van der Waals surface area contributed by atoms with Gasteiger partial charge in [0.25, 0.3) is 0 Å². The van der Waals surface area contributed by atoms with Gasteiger partial charge in [0.15, 0.2) is 0 Å². The Morgan fingerprint density at radius 3 is 2.71 bits per heavy atom. The molecule has 1 aromatic heterocycles. The van der Waals surface area contributed by atoms with E-state index in [0.29, 0.717) is 6.61 Å². The van der Waals surface area contributed by atoms with Crippen LogP contribution in [0.3, 0.4) is 0 Å². The number of hydrogen-bond donors (Lipinski definition) is 2. The molecule has 0 amide bonds. The zero-order valence-corrected chi connectivity index (χ0v) is 10.7. The first kappa shape index (κ1) is 13.7. The van der Waals surface area contributed by atoms with E-state index in [1.807, 2.05) is 25.1 Å². The van der Waals surface area contributed by atoms with E-state index < -0.39 is 0 Å². The van der Waals surface area contributed by atoms with Gasteiger partial charge in [-0.2, -0.15) is 4.98 Å². The molecule has 0 bridgehead atoms.